The highest BCUT2D eigenvalue weighted by atomic mass is 19.4. The summed E-state index contributed by atoms with van der Waals surface area (Å²) in [4.78, 5) is 7.75. The Balaban J connectivity index is 1.90. The number of hydrogen-bond donors (Lipinski definition) is 1. The molecule has 20 heavy (non-hydrogen) atoms. The molecule has 7 heteroatoms. The van der Waals surface area contributed by atoms with Gasteiger partial charge in [-0.3, -0.25) is 9.88 Å². The van der Waals surface area contributed by atoms with E-state index < -0.39 is 12.7 Å². The van der Waals surface area contributed by atoms with Gasteiger partial charge < -0.3 is 10.6 Å². The number of nitrogens with zero attached hydrogens (tertiary/aromatic N) is 3. The highest BCUT2D eigenvalue weighted by molar-refractivity contribution is 5.45. The van der Waals surface area contributed by atoms with Crippen molar-refractivity contribution in [2.45, 2.75) is 19.1 Å². The molecule has 1 aliphatic rings. The van der Waals surface area contributed by atoms with Crippen LogP contribution in [0, 0.1) is 0 Å². The van der Waals surface area contributed by atoms with Gasteiger partial charge in [0.1, 0.15) is 0 Å². The molecule has 0 unspecified atom stereocenters. The molecule has 4 nitrogen and oxygen atoms in total. The van der Waals surface area contributed by atoms with Gasteiger partial charge in [0.25, 0.3) is 0 Å². The molecule has 112 valence electrons. The minimum Gasteiger partial charge on any atom is -0.368 e. The lowest BCUT2D eigenvalue weighted by molar-refractivity contribution is -0.146. The molecular formula is C13H19F3N4. The molecule has 1 aromatic heterocycles. The van der Waals surface area contributed by atoms with Crippen molar-refractivity contribution >= 4 is 5.69 Å². The van der Waals surface area contributed by atoms with Gasteiger partial charge in [-0.15, -0.1) is 0 Å². The van der Waals surface area contributed by atoms with Gasteiger partial charge in [0, 0.05) is 32.2 Å². The first kappa shape index (κ1) is 15.1. The van der Waals surface area contributed by atoms with Crippen molar-refractivity contribution in [1.82, 2.24) is 9.88 Å². The maximum atomic E-state index is 12.3. The smallest absolute Gasteiger partial charge is 0.368 e. The van der Waals surface area contributed by atoms with Crippen LogP contribution < -0.4 is 10.6 Å². The van der Waals surface area contributed by atoms with Gasteiger partial charge in [0.05, 0.1) is 24.1 Å². The molecule has 2 rings (SSSR count). The van der Waals surface area contributed by atoms with E-state index in [1.54, 1.807) is 6.20 Å². The van der Waals surface area contributed by atoms with Crippen LogP contribution in [-0.2, 0) is 0 Å². The standard InChI is InChI=1S/C13H19F3N4/c1-10(17)12-3-2-11(8-18-12)20-6-4-19(5-7-20)9-13(14,15)16/h2-3,8,10H,4-7,9,17H2,1H3/t10-/m1/s1. The number of anilines is 1. The molecule has 1 aromatic rings. The third kappa shape index (κ3) is 4.08. The number of pyridine rings is 1. The predicted molar refractivity (Wildman–Crippen MR) is 71.5 cm³/mol. The van der Waals surface area contributed by atoms with Gasteiger partial charge in [-0.1, -0.05) is 0 Å². The van der Waals surface area contributed by atoms with Crippen molar-refractivity contribution in [3.63, 3.8) is 0 Å². The van der Waals surface area contributed by atoms with Crippen LogP contribution in [0.25, 0.3) is 0 Å². The zero-order valence-corrected chi connectivity index (χ0v) is 11.4. The maximum Gasteiger partial charge on any atom is 0.401 e. The number of halogens is 3. The monoisotopic (exact) mass is 288 g/mol. The van der Waals surface area contributed by atoms with Crippen LogP contribution in [0.3, 0.4) is 0 Å². The normalized spacial score (nSPS) is 19.1. The first-order valence-electron chi connectivity index (χ1n) is 6.61. The Kier molecular flexibility index (Phi) is 4.49. The molecule has 1 fully saturated rings. The number of alkyl halides is 3. The van der Waals surface area contributed by atoms with E-state index in [9.17, 15) is 13.2 Å². The van der Waals surface area contributed by atoms with Crippen LogP contribution in [0.1, 0.15) is 18.7 Å². The van der Waals surface area contributed by atoms with E-state index in [1.165, 1.54) is 4.90 Å². The third-order valence-electron chi connectivity index (χ3n) is 3.38. The summed E-state index contributed by atoms with van der Waals surface area (Å²) in [6.45, 7) is 3.01. The van der Waals surface area contributed by atoms with E-state index in [0.717, 1.165) is 11.4 Å². The molecule has 0 aliphatic carbocycles. The average molecular weight is 288 g/mol. The highest BCUT2D eigenvalue weighted by Gasteiger charge is 2.32. The largest absolute Gasteiger partial charge is 0.401 e. The van der Waals surface area contributed by atoms with Crippen LogP contribution in [0.4, 0.5) is 18.9 Å². The molecule has 0 bridgehead atoms. The fourth-order valence-corrected chi connectivity index (χ4v) is 2.27. The van der Waals surface area contributed by atoms with Gasteiger partial charge in [0.15, 0.2) is 0 Å². The van der Waals surface area contributed by atoms with Gasteiger partial charge in [0.2, 0.25) is 0 Å². The number of rotatable bonds is 3. The zero-order chi connectivity index (χ0) is 14.8. The van der Waals surface area contributed by atoms with Crippen LogP contribution in [0.15, 0.2) is 18.3 Å². The Morgan fingerprint density at radius 1 is 1.25 bits per heavy atom. The lowest BCUT2D eigenvalue weighted by atomic mass is 10.2. The Morgan fingerprint density at radius 3 is 2.35 bits per heavy atom. The summed E-state index contributed by atoms with van der Waals surface area (Å²) in [7, 11) is 0. The van der Waals surface area contributed by atoms with Gasteiger partial charge in [-0.2, -0.15) is 13.2 Å². The second kappa shape index (κ2) is 5.97. The van der Waals surface area contributed by atoms with Crippen molar-refractivity contribution in [2.24, 2.45) is 5.73 Å². The van der Waals surface area contributed by atoms with E-state index in [4.69, 9.17) is 5.73 Å². The molecule has 1 atom stereocenters. The van der Waals surface area contributed by atoms with Crippen LogP contribution in [-0.4, -0.2) is 48.8 Å². The lowest BCUT2D eigenvalue weighted by Gasteiger charge is -2.36. The molecule has 2 heterocycles. The number of aromatic nitrogens is 1. The van der Waals surface area contributed by atoms with E-state index in [2.05, 4.69) is 4.98 Å². The molecule has 2 N–H and O–H groups in total. The summed E-state index contributed by atoms with van der Waals surface area (Å²) in [6.07, 6.45) is -2.39. The molecule has 0 saturated carbocycles. The Morgan fingerprint density at radius 2 is 1.90 bits per heavy atom. The molecule has 0 aromatic carbocycles. The Labute approximate surface area is 116 Å². The minimum absolute atomic E-state index is 0.118. The van der Waals surface area contributed by atoms with E-state index in [1.807, 2.05) is 24.0 Å². The topological polar surface area (TPSA) is 45.4 Å². The Bertz CT molecular complexity index is 422. The number of hydrogen-bond acceptors (Lipinski definition) is 4. The lowest BCUT2D eigenvalue weighted by Crippen LogP contribution is -2.49. The van der Waals surface area contributed by atoms with Gasteiger partial charge in [-0.25, -0.2) is 0 Å². The minimum atomic E-state index is -4.12. The quantitative estimate of drug-likeness (QED) is 0.921. The second-order valence-corrected chi connectivity index (χ2v) is 5.11. The van der Waals surface area contributed by atoms with E-state index in [-0.39, 0.29) is 6.04 Å². The summed E-state index contributed by atoms with van der Waals surface area (Å²) < 4.78 is 36.9. The summed E-state index contributed by atoms with van der Waals surface area (Å²) in [5.41, 5.74) is 7.47. The first-order valence-corrected chi connectivity index (χ1v) is 6.61. The van der Waals surface area contributed by atoms with Crippen LogP contribution in [0.5, 0.6) is 0 Å². The highest BCUT2D eigenvalue weighted by Crippen LogP contribution is 2.20. The molecular weight excluding hydrogens is 269 g/mol. The van der Waals surface area contributed by atoms with Crippen molar-refractivity contribution in [3.05, 3.63) is 24.0 Å². The predicted octanol–water partition coefficient (Wildman–Crippen LogP) is 1.79. The van der Waals surface area contributed by atoms with Crippen molar-refractivity contribution < 1.29 is 13.2 Å². The molecule has 1 aliphatic heterocycles. The van der Waals surface area contributed by atoms with Crippen molar-refractivity contribution in [3.8, 4) is 0 Å². The van der Waals surface area contributed by atoms with Gasteiger partial charge in [-0.05, 0) is 19.1 Å². The van der Waals surface area contributed by atoms with Crippen molar-refractivity contribution in [1.29, 1.82) is 0 Å². The maximum absolute atomic E-state index is 12.3. The fraction of sp³-hybridized carbons (Fsp3) is 0.615. The van der Waals surface area contributed by atoms with Crippen LogP contribution >= 0.6 is 0 Å². The molecule has 1 saturated heterocycles. The van der Waals surface area contributed by atoms with Crippen LogP contribution in [0.2, 0.25) is 0 Å². The zero-order valence-electron chi connectivity index (χ0n) is 11.4. The fourth-order valence-electron chi connectivity index (χ4n) is 2.27. The SMILES string of the molecule is C[C@@H](N)c1ccc(N2CCN(CC(F)(F)F)CC2)cn1. The number of nitrogens with two attached hydrogens (primary N) is 1. The summed E-state index contributed by atoms with van der Waals surface area (Å²) in [5, 5.41) is 0. The third-order valence-corrected chi connectivity index (χ3v) is 3.38. The number of piperazine rings is 1. The molecule has 0 radical (unpaired) electrons. The summed E-state index contributed by atoms with van der Waals surface area (Å²) in [6, 6.07) is 3.67. The summed E-state index contributed by atoms with van der Waals surface area (Å²) in [5.74, 6) is 0. The van der Waals surface area contributed by atoms with Crippen molar-refractivity contribution in [2.75, 3.05) is 37.6 Å². The first-order chi connectivity index (χ1) is 9.35. The summed E-state index contributed by atoms with van der Waals surface area (Å²) >= 11 is 0. The molecule has 0 spiro atoms. The van der Waals surface area contributed by atoms with E-state index in [0.29, 0.717) is 26.2 Å². The molecule has 0 amide bonds. The second-order valence-electron chi connectivity index (χ2n) is 5.11. The Hall–Kier alpha value is -1.34. The van der Waals surface area contributed by atoms with Gasteiger partial charge >= 0.3 is 6.18 Å². The average Bonchev–Trinajstić information content (AvgIpc) is 2.38. The van der Waals surface area contributed by atoms with E-state index >= 15 is 0 Å².